The number of hydrazone groups is 1. The number of rotatable bonds is 6. The van der Waals surface area contributed by atoms with Gasteiger partial charge in [0.1, 0.15) is 6.54 Å². The number of carbonyl (C=O) groups is 1. The van der Waals surface area contributed by atoms with Crippen LogP contribution in [0.2, 0.25) is 0 Å². The van der Waals surface area contributed by atoms with Crippen LogP contribution in [0.15, 0.2) is 58.4 Å². The molecule has 1 aromatic heterocycles. The summed E-state index contributed by atoms with van der Waals surface area (Å²) in [5.41, 5.74) is 3.45. The summed E-state index contributed by atoms with van der Waals surface area (Å²) in [6.45, 7) is -0.380. The lowest BCUT2D eigenvalue weighted by atomic mass is 10.3. The summed E-state index contributed by atoms with van der Waals surface area (Å²) in [4.78, 5) is 15.9. The zero-order chi connectivity index (χ0) is 17.6. The van der Waals surface area contributed by atoms with Gasteiger partial charge in [0.15, 0.2) is 0 Å². The van der Waals surface area contributed by atoms with E-state index in [1.807, 2.05) is 0 Å². The van der Waals surface area contributed by atoms with Crippen molar-refractivity contribution in [2.75, 3.05) is 17.1 Å². The minimum atomic E-state index is -3.63. The number of carbonyl (C=O) groups excluding carboxylic acids is 1. The van der Waals surface area contributed by atoms with E-state index in [2.05, 4.69) is 31.4 Å². The van der Waals surface area contributed by atoms with Crippen LogP contribution in [-0.4, -0.2) is 38.3 Å². The van der Waals surface area contributed by atoms with Crippen molar-refractivity contribution in [2.24, 2.45) is 5.10 Å². The van der Waals surface area contributed by atoms with E-state index in [1.165, 1.54) is 6.21 Å². The molecule has 0 spiro atoms. The van der Waals surface area contributed by atoms with Crippen LogP contribution in [0, 0.1) is 0 Å². The van der Waals surface area contributed by atoms with Crippen LogP contribution in [0.4, 0.5) is 5.69 Å². The van der Waals surface area contributed by atoms with Crippen LogP contribution >= 0.6 is 15.9 Å². The minimum Gasteiger partial charge on any atom is -0.271 e. The number of hydrogen-bond donors (Lipinski definition) is 1. The van der Waals surface area contributed by atoms with Crippen molar-refractivity contribution >= 4 is 43.8 Å². The molecule has 0 aliphatic heterocycles. The maximum Gasteiger partial charge on any atom is 0.260 e. The van der Waals surface area contributed by atoms with E-state index in [4.69, 9.17) is 0 Å². The molecule has 0 saturated carbocycles. The molecule has 7 nitrogen and oxygen atoms in total. The number of para-hydroxylation sites is 1. The van der Waals surface area contributed by atoms with Gasteiger partial charge in [0.2, 0.25) is 10.0 Å². The summed E-state index contributed by atoms with van der Waals surface area (Å²) in [6, 6.07) is 10.2. The number of amides is 1. The summed E-state index contributed by atoms with van der Waals surface area (Å²) in [5.74, 6) is -0.554. The molecule has 2 aromatic rings. The summed E-state index contributed by atoms with van der Waals surface area (Å²) in [7, 11) is -3.63. The summed E-state index contributed by atoms with van der Waals surface area (Å²) >= 11 is 3.29. The standard InChI is InChI=1S/C15H15BrN4O3S/c1-24(22,23)20(14-5-3-2-4-13(14)16)11-15(21)19-18-10-12-6-8-17-9-7-12/h2-10H,11H2,1H3,(H,19,21)/b18-10+. The number of nitrogens with one attached hydrogen (secondary N) is 1. The summed E-state index contributed by atoms with van der Waals surface area (Å²) in [6.07, 6.45) is 5.69. The highest BCUT2D eigenvalue weighted by Gasteiger charge is 2.22. The summed E-state index contributed by atoms with van der Waals surface area (Å²) in [5, 5.41) is 3.81. The maximum absolute atomic E-state index is 12.0. The van der Waals surface area contributed by atoms with Crippen LogP contribution in [0.3, 0.4) is 0 Å². The average molecular weight is 411 g/mol. The van der Waals surface area contributed by atoms with Crippen molar-refractivity contribution in [3.8, 4) is 0 Å². The SMILES string of the molecule is CS(=O)(=O)N(CC(=O)N/N=C/c1ccncc1)c1ccccc1Br. The Labute approximate surface area is 148 Å². The van der Waals surface area contributed by atoms with Gasteiger partial charge in [-0.25, -0.2) is 13.8 Å². The first-order chi connectivity index (χ1) is 11.4. The van der Waals surface area contributed by atoms with Crippen molar-refractivity contribution in [2.45, 2.75) is 0 Å². The van der Waals surface area contributed by atoms with Gasteiger partial charge < -0.3 is 0 Å². The lowest BCUT2D eigenvalue weighted by Gasteiger charge is -2.22. The first-order valence-electron chi connectivity index (χ1n) is 6.82. The van der Waals surface area contributed by atoms with Gasteiger partial charge in [-0.05, 0) is 45.8 Å². The number of anilines is 1. The number of sulfonamides is 1. The zero-order valence-electron chi connectivity index (χ0n) is 12.8. The molecule has 0 saturated heterocycles. The van der Waals surface area contributed by atoms with Gasteiger partial charge in [-0.15, -0.1) is 0 Å². The van der Waals surface area contributed by atoms with E-state index in [1.54, 1.807) is 48.8 Å². The van der Waals surface area contributed by atoms with E-state index < -0.39 is 15.9 Å². The summed E-state index contributed by atoms with van der Waals surface area (Å²) < 4.78 is 25.6. The molecular formula is C15H15BrN4O3S. The van der Waals surface area contributed by atoms with Crippen molar-refractivity contribution < 1.29 is 13.2 Å². The molecule has 0 fully saturated rings. The Morgan fingerprint density at radius 3 is 2.58 bits per heavy atom. The van der Waals surface area contributed by atoms with E-state index in [-0.39, 0.29) is 6.54 Å². The third kappa shape index (κ3) is 5.14. The molecule has 1 N–H and O–H groups in total. The molecule has 0 radical (unpaired) electrons. The average Bonchev–Trinajstić information content (AvgIpc) is 2.53. The predicted octanol–water partition coefficient (Wildman–Crippen LogP) is 1.76. The van der Waals surface area contributed by atoms with Crippen molar-refractivity contribution in [3.63, 3.8) is 0 Å². The van der Waals surface area contributed by atoms with E-state index in [0.29, 0.717) is 10.2 Å². The highest BCUT2D eigenvalue weighted by Crippen LogP contribution is 2.27. The van der Waals surface area contributed by atoms with E-state index >= 15 is 0 Å². The minimum absolute atomic E-state index is 0.380. The molecule has 1 heterocycles. The second-order valence-electron chi connectivity index (χ2n) is 4.79. The molecule has 1 amide bonds. The normalized spacial score (nSPS) is 11.4. The molecule has 1 aromatic carbocycles. The Morgan fingerprint density at radius 1 is 1.29 bits per heavy atom. The molecule has 9 heteroatoms. The van der Waals surface area contributed by atoms with E-state index in [9.17, 15) is 13.2 Å². The Morgan fingerprint density at radius 2 is 1.96 bits per heavy atom. The van der Waals surface area contributed by atoms with Crippen molar-refractivity contribution in [1.82, 2.24) is 10.4 Å². The topological polar surface area (TPSA) is 91.7 Å². The van der Waals surface area contributed by atoms with Crippen LogP contribution in [-0.2, 0) is 14.8 Å². The second kappa shape index (κ2) is 8.02. The Bertz CT molecular complexity index is 841. The third-order valence-corrected chi connectivity index (χ3v) is 4.71. The number of nitrogens with zero attached hydrogens (tertiary/aromatic N) is 3. The Kier molecular flexibility index (Phi) is 6.04. The smallest absolute Gasteiger partial charge is 0.260 e. The van der Waals surface area contributed by atoms with Gasteiger partial charge in [0.25, 0.3) is 5.91 Å². The first kappa shape index (κ1) is 18.1. The second-order valence-corrected chi connectivity index (χ2v) is 7.56. The highest BCUT2D eigenvalue weighted by molar-refractivity contribution is 9.10. The van der Waals surface area contributed by atoms with Crippen molar-refractivity contribution in [1.29, 1.82) is 0 Å². The number of pyridine rings is 1. The molecular weight excluding hydrogens is 396 g/mol. The Balaban J connectivity index is 2.09. The molecule has 126 valence electrons. The maximum atomic E-state index is 12.0. The number of halogens is 1. The fourth-order valence-electron chi connectivity index (χ4n) is 1.83. The van der Waals surface area contributed by atoms with E-state index in [0.717, 1.165) is 16.1 Å². The quantitative estimate of drug-likeness (QED) is 0.579. The van der Waals surface area contributed by atoms with Crippen molar-refractivity contribution in [3.05, 3.63) is 58.8 Å². The van der Waals surface area contributed by atoms with Gasteiger partial charge in [-0.2, -0.15) is 5.10 Å². The molecule has 0 bridgehead atoms. The molecule has 2 rings (SSSR count). The van der Waals surface area contributed by atoms with Gasteiger partial charge >= 0.3 is 0 Å². The lowest BCUT2D eigenvalue weighted by molar-refractivity contribution is -0.119. The number of benzene rings is 1. The molecule has 24 heavy (non-hydrogen) atoms. The molecule has 0 aliphatic rings. The van der Waals surface area contributed by atoms with Crippen LogP contribution in [0.5, 0.6) is 0 Å². The van der Waals surface area contributed by atoms with Crippen LogP contribution in [0.25, 0.3) is 0 Å². The first-order valence-corrected chi connectivity index (χ1v) is 9.46. The largest absolute Gasteiger partial charge is 0.271 e. The fourth-order valence-corrected chi connectivity index (χ4v) is 3.31. The van der Waals surface area contributed by atoms with Gasteiger partial charge in [0, 0.05) is 16.9 Å². The van der Waals surface area contributed by atoms with Crippen LogP contribution in [0.1, 0.15) is 5.56 Å². The fraction of sp³-hybridized carbons (Fsp3) is 0.133. The molecule has 0 unspecified atom stereocenters. The predicted molar refractivity (Wildman–Crippen MR) is 96.3 cm³/mol. The van der Waals surface area contributed by atoms with Crippen LogP contribution < -0.4 is 9.73 Å². The lowest BCUT2D eigenvalue weighted by Crippen LogP contribution is -2.39. The number of aromatic nitrogens is 1. The zero-order valence-corrected chi connectivity index (χ0v) is 15.2. The monoisotopic (exact) mass is 410 g/mol. The molecule has 0 atom stereocenters. The van der Waals surface area contributed by atoms with Gasteiger partial charge in [-0.3, -0.25) is 14.1 Å². The Hall–Kier alpha value is -2.26. The van der Waals surface area contributed by atoms with Gasteiger partial charge in [-0.1, -0.05) is 12.1 Å². The molecule has 0 aliphatic carbocycles. The third-order valence-electron chi connectivity index (χ3n) is 2.92. The highest BCUT2D eigenvalue weighted by atomic mass is 79.9. The number of hydrogen-bond acceptors (Lipinski definition) is 5. The van der Waals surface area contributed by atoms with Gasteiger partial charge in [0.05, 0.1) is 18.2 Å².